The number of carbonyl (C=O) groups excluding carboxylic acids is 1. The van der Waals surface area contributed by atoms with Gasteiger partial charge in [0.2, 0.25) is 0 Å². The molecule has 30 heavy (non-hydrogen) atoms. The van der Waals surface area contributed by atoms with Crippen LogP contribution in [0.3, 0.4) is 0 Å². The molecular formula is C22H26N2O5S. The number of methoxy groups -OCH3 is 1. The van der Waals surface area contributed by atoms with Crippen LogP contribution in [-0.2, 0) is 25.9 Å². The first kappa shape index (κ1) is 21.8. The molecule has 0 amide bonds. The van der Waals surface area contributed by atoms with E-state index in [4.69, 9.17) is 9.47 Å². The van der Waals surface area contributed by atoms with Gasteiger partial charge in [-0.2, -0.15) is 5.10 Å². The lowest BCUT2D eigenvalue weighted by molar-refractivity contribution is -0.146. The Morgan fingerprint density at radius 2 is 1.80 bits per heavy atom. The number of carbonyl (C=O) groups is 1. The highest BCUT2D eigenvalue weighted by atomic mass is 32.2. The number of ether oxygens (including phenoxy) is 2. The van der Waals surface area contributed by atoms with Crippen LogP contribution in [0.15, 0.2) is 48.7 Å². The standard InChI is InChI=1S/C22H26N2O5S/c1-5-29-21(25)22(2,30(4,26)27)12-13-24-15-18-14-17(8-11-20(18)23-24)16-6-9-19(28-3)10-7-16/h6-11,14-15H,5,12-13H2,1-4H3. The van der Waals surface area contributed by atoms with Gasteiger partial charge in [0.15, 0.2) is 14.6 Å². The number of fused-ring (bicyclic) bond motifs is 1. The summed E-state index contributed by atoms with van der Waals surface area (Å²) in [5, 5.41) is 5.45. The molecule has 3 rings (SSSR count). The van der Waals surface area contributed by atoms with Crippen molar-refractivity contribution in [3.8, 4) is 16.9 Å². The second kappa shape index (κ2) is 8.47. The molecule has 160 valence electrons. The molecule has 0 saturated carbocycles. The van der Waals surface area contributed by atoms with Crippen molar-refractivity contribution < 1.29 is 22.7 Å². The number of nitrogens with zero attached hydrogens (tertiary/aromatic N) is 2. The number of rotatable bonds is 8. The highest BCUT2D eigenvalue weighted by Gasteiger charge is 2.44. The summed E-state index contributed by atoms with van der Waals surface area (Å²) >= 11 is 0. The summed E-state index contributed by atoms with van der Waals surface area (Å²) in [6.45, 7) is 3.46. The van der Waals surface area contributed by atoms with Crippen molar-refractivity contribution in [2.24, 2.45) is 0 Å². The zero-order valence-corrected chi connectivity index (χ0v) is 18.4. The van der Waals surface area contributed by atoms with Crippen LogP contribution in [0.2, 0.25) is 0 Å². The van der Waals surface area contributed by atoms with Gasteiger partial charge in [-0.15, -0.1) is 0 Å². The molecule has 0 fully saturated rings. The van der Waals surface area contributed by atoms with Gasteiger partial charge < -0.3 is 9.47 Å². The maximum Gasteiger partial charge on any atom is 0.327 e. The molecule has 0 spiro atoms. The zero-order chi connectivity index (χ0) is 21.9. The van der Waals surface area contributed by atoms with Gasteiger partial charge in [0, 0.05) is 24.4 Å². The zero-order valence-electron chi connectivity index (χ0n) is 17.6. The van der Waals surface area contributed by atoms with Gasteiger partial charge in [-0.05, 0) is 55.7 Å². The third kappa shape index (κ3) is 4.33. The molecule has 0 aliphatic carbocycles. The first-order valence-corrected chi connectivity index (χ1v) is 11.6. The van der Waals surface area contributed by atoms with Crippen LogP contribution in [-0.4, -0.2) is 48.9 Å². The van der Waals surface area contributed by atoms with E-state index in [1.807, 2.05) is 48.7 Å². The van der Waals surface area contributed by atoms with Crippen molar-refractivity contribution in [1.82, 2.24) is 9.78 Å². The maximum atomic E-state index is 12.3. The molecule has 1 atom stereocenters. The summed E-state index contributed by atoms with van der Waals surface area (Å²) in [5.41, 5.74) is 2.89. The maximum absolute atomic E-state index is 12.3. The van der Waals surface area contributed by atoms with Crippen LogP contribution >= 0.6 is 0 Å². The minimum atomic E-state index is -3.66. The van der Waals surface area contributed by atoms with E-state index in [1.54, 1.807) is 18.7 Å². The number of esters is 1. The van der Waals surface area contributed by atoms with Crippen molar-refractivity contribution in [3.63, 3.8) is 0 Å². The van der Waals surface area contributed by atoms with Crippen molar-refractivity contribution in [2.45, 2.75) is 31.6 Å². The normalized spacial score (nSPS) is 13.7. The summed E-state index contributed by atoms with van der Waals surface area (Å²) in [6.07, 6.45) is 2.99. The molecule has 1 heterocycles. The molecular weight excluding hydrogens is 404 g/mol. The van der Waals surface area contributed by atoms with Crippen molar-refractivity contribution in [3.05, 3.63) is 48.7 Å². The molecule has 0 radical (unpaired) electrons. The highest BCUT2D eigenvalue weighted by Crippen LogP contribution is 2.27. The van der Waals surface area contributed by atoms with E-state index in [-0.39, 0.29) is 19.6 Å². The first-order valence-electron chi connectivity index (χ1n) is 9.66. The molecule has 2 aromatic carbocycles. The van der Waals surface area contributed by atoms with Gasteiger partial charge in [-0.25, -0.2) is 8.42 Å². The van der Waals surface area contributed by atoms with E-state index in [0.717, 1.165) is 34.0 Å². The third-order valence-corrected chi connectivity index (χ3v) is 7.33. The third-order valence-electron chi connectivity index (χ3n) is 5.32. The molecule has 1 unspecified atom stereocenters. The van der Waals surface area contributed by atoms with Crippen molar-refractivity contribution >= 4 is 26.7 Å². The van der Waals surface area contributed by atoms with Crippen LogP contribution in [0.5, 0.6) is 5.75 Å². The Kier molecular flexibility index (Phi) is 6.17. The second-order valence-electron chi connectivity index (χ2n) is 7.37. The number of hydrogen-bond acceptors (Lipinski definition) is 6. The van der Waals surface area contributed by atoms with Gasteiger partial charge in [-0.3, -0.25) is 9.48 Å². The molecule has 0 N–H and O–H groups in total. The Morgan fingerprint density at radius 3 is 2.40 bits per heavy atom. The van der Waals surface area contributed by atoms with Crippen LogP contribution in [0.4, 0.5) is 0 Å². The summed E-state index contributed by atoms with van der Waals surface area (Å²) in [6, 6.07) is 13.7. The fourth-order valence-corrected chi connectivity index (χ4v) is 4.03. The molecule has 0 bridgehead atoms. The fourth-order valence-electron chi connectivity index (χ4n) is 3.20. The molecule has 8 heteroatoms. The Bertz CT molecular complexity index is 1150. The Balaban J connectivity index is 1.84. The monoisotopic (exact) mass is 430 g/mol. The average Bonchev–Trinajstić information content (AvgIpc) is 3.13. The van der Waals surface area contributed by atoms with E-state index in [0.29, 0.717) is 0 Å². The largest absolute Gasteiger partial charge is 0.497 e. The number of aromatic nitrogens is 2. The Labute approximate surface area is 176 Å². The van der Waals surface area contributed by atoms with Crippen LogP contribution < -0.4 is 4.74 Å². The van der Waals surface area contributed by atoms with Crippen molar-refractivity contribution in [2.75, 3.05) is 20.0 Å². The summed E-state index contributed by atoms with van der Waals surface area (Å²) in [5.74, 6) is 0.0641. The van der Waals surface area contributed by atoms with Gasteiger partial charge >= 0.3 is 5.97 Å². The van der Waals surface area contributed by atoms with Gasteiger partial charge in [-0.1, -0.05) is 18.2 Å². The molecule has 0 aliphatic heterocycles. The fraction of sp³-hybridized carbons (Fsp3) is 0.364. The Morgan fingerprint density at radius 1 is 1.13 bits per heavy atom. The van der Waals surface area contributed by atoms with Gasteiger partial charge in [0.1, 0.15) is 5.75 Å². The number of aryl methyl sites for hydroxylation is 1. The second-order valence-corrected chi connectivity index (χ2v) is 9.81. The van der Waals surface area contributed by atoms with E-state index in [1.165, 1.54) is 6.92 Å². The lowest BCUT2D eigenvalue weighted by atomic mass is 10.0. The molecule has 0 saturated heterocycles. The molecule has 7 nitrogen and oxygen atoms in total. The lowest BCUT2D eigenvalue weighted by Crippen LogP contribution is -2.45. The van der Waals surface area contributed by atoms with Crippen molar-refractivity contribution in [1.29, 1.82) is 0 Å². The summed E-state index contributed by atoms with van der Waals surface area (Å²) < 4.78 is 34.8. The van der Waals surface area contributed by atoms with E-state index in [9.17, 15) is 13.2 Å². The number of sulfone groups is 1. The van der Waals surface area contributed by atoms with Crippen LogP contribution in [0.1, 0.15) is 20.3 Å². The Hall–Kier alpha value is -2.87. The van der Waals surface area contributed by atoms with E-state index >= 15 is 0 Å². The minimum absolute atomic E-state index is 0.0734. The smallest absolute Gasteiger partial charge is 0.327 e. The van der Waals surface area contributed by atoms with Gasteiger partial charge in [0.25, 0.3) is 0 Å². The number of benzene rings is 2. The first-order chi connectivity index (χ1) is 14.2. The number of hydrogen-bond donors (Lipinski definition) is 0. The average molecular weight is 431 g/mol. The quantitative estimate of drug-likeness (QED) is 0.509. The SMILES string of the molecule is CCOC(=O)C(C)(CCn1cc2cc(-c3ccc(OC)cc3)ccc2n1)S(C)(=O)=O. The topological polar surface area (TPSA) is 87.5 Å². The molecule has 3 aromatic rings. The van der Waals surface area contributed by atoms with Crippen LogP contribution in [0, 0.1) is 0 Å². The molecule has 0 aliphatic rings. The molecule has 1 aromatic heterocycles. The highest BCUT2D eigenvalue weighted by molar-refractivity contribution is 7.92. The lowest BCUT2D eigenvalue weighted by Gasteiger charge is -2.25. The predicted molar refractivity (Wildman–Crippen MR) is 116 cm³/mol. The summed E-state index contributed by atoms with van der Waals surface area (Å²) in [7, 11) is -2.03. The van der Waals surface area contributed by atoms with Gasteiger partial charge in [0.05, 0.1) is 19.2 Å². The van der Waals surface area contributed by atoms with E-state index < -0.39 is 20.6 Å². The van der Waals surface area contributed by atoms with E-state index in [2.05, 4.69) is 5.10 Å². The predicted octanol–water partition coefficient (Wildman–Crippen LogP) is 3.47. The summed E-state index contributed by atoms with van der Waals surface area (Å²) in [4.78, 5) is 12.3. The minimum Gasteiger partial charge on any atom is -0.497 e. The van der Waals surface area contributed by atoms with Crippen LogP contribution in [0.25, 0.3) is 22.0 Å².